The number of rotatable bonds is 8. The van der Waals surface area contributed by atoms with E-state index in [1.54, 1.807) is 18.2 Å². The van der Waals surface area contributed by atoms with Gasteiger partial charge in [0.05, 0.1) is 11.0 Å². The molecule has 1 aliphatic carbocycles. The zero-order valence-corrected chi connectivity index (χ0v) is 21.4. The van der Waals surface area contributed by atoms with Crippen molar-refractivity contribution in [3.8, 4) is 5.75 Å². The number of amides is 1. The average molecular weight is 533 g/mol. The number of hydrogen-bond acceptors (Lipinski definition) is 5. The summed E-state index contributed by atoms with van der Waals surface area (Å²) in [6.45, 7) is 6.90. The summed E-state index contributed by atoms with van der Waals surface area (Å²) >= 11 is 0. The molecule has 1 heterocycles. The Hall–Kier alpha value is -3.76. The quantitative estimate of drug-likeness (QED) is 0.331. The molecule has 1 aliphatic rings. The molecule has 2 unspecified atom stereocenters. The Balaban J connectivity index is 1.67. The second kappa shape index (κ2) is 10.5. The Morgan fingerprint density at radius 2 is 1.87 bits per heavy atom. The number of aliphatic carboxylic acids is 1. The third kappa shape index (κ3) is 6.96. The number of halogens is 3. The fourth-order valence-electron chi connectivity index (χ4n) is 5.61. The second-order valence-corrected chi connectivity index (χ2v) is 10.8. The fourth-order valence-corrected chi connectivity index (χ4v) is 5.61. The number of aromatic nitrogens is 2. The molecule has 1 fully saturated rings. The number of benzene rings is 2. The first-order valence-corrected chi connectivity index (χ1v) is 12.4. The molecule has 2 atom stereocenters. The van der Waals surface area contributed by atoms with Gasteiger partial charge in [-0.3, -0.25) is 9.59 Å². The van der Waals surface area contributed by atoms with Gasteiger partial charge in [-0.1, -0.05) is 20.8 Å². The molecule has 4 rings (SSSR count). The maximum Gasteiger partial charge on any atom is 0.573 e. The van der Waals surface area contributed by atoms with E-state index in [1.807, 2.05) is 4.57 Å². The molecule has 3 N–H and O–H groups in total. The van der Waals surface area contributed by atoms with Gasteiger partial charge < -0.3 is 25.0 Å². The summed E-state index contributed by atoms with van der Waals surface area (Å²) in [5.74, 6) is -0.594. The molecule has 1 saturated carbocycles. The van der Waals surface area contributed by atoms with Crippen LogP contribution in [0, 0.1) is 17.3 Å². The lowest BCUT2D eigenvalue weighted by Gasteiger charge is -2.39. The van der Waals surface area contributed by atoms with Crippen molar-refractivity contribution in [3.63, 3.8) is 0 Å². The summed E-state index contributed by atoms with van der Waals surface area (Å²) in [7, 11) is 0. The van der Waals surface area contributed by atoms with Crippen LogP contribution in [0.5, 0.6) is 5.75 Å². The van der Waals surface area contributed by atoms with Gasteiger partial charge in [-0.2, -0.15) is 0 Å². The minimum Gasteiger partial charge on any atom is -0.480 e. The number of imidazole rings is 1. The maximum atomic E-state index is 12.5. The number of carbonyl (C=O) groups is 2. The number of nitrogens with zero attached hydrogens (tertiary/aromatic N) is 2. The van der Waals surface area contributed by atoms with Gasteiger partial charge in [-0.05, 0) is 79.0 Å². The molecular formula is C27H31F3N4O4. The molecule has 0 bridgehead atoms. The number of ether oxygens (including phenoxy) is 1. The molecule has 3 aromatic rings. The third-order valence-electron chi connectivity index (χ3n) is 6.67. The summed E-state index contributed by atoms with van der Waals surface area (Å²) in [4.78, 5) is 28.1. The highest BCUT2D eigenvalue weighted by atomic mass is 19.4. The van der Waals surface area contributed by atoms with Crippen molar-refractivity contribution < 1.29 is 32.6 Å². The molecule has 2 aromatic carbocycles. The number of alkyl halides is 3. The van der Waals surface area contributed by atoms with Crippen LogP contribution in [-0.4, -0.2) is 39.4 Å². The van der Waals surface area contributed by atoms with Gasteiger partial charge in [-0.15, -0.1) is 13.2 Å². The first kappa shape index (κ1) is 27.3. The predicted molar refractivity (Wildman–Crippen MR) is 136 cm³/mol. The highest BCUT2D eigenvalue weighted by molar-refractivity contribution is 5.99. The molecule has 0 saturated heterocycles. The average Bonchev–Trinajstić information content (AvgIpc) is 3.12. The number of nitrogens with one attached hydrogen (secondary N) is 2. The molecule has 0 aliphatic heterocycles. The van der Waals surface area contributed by atoms with E-state index >= 15 is 0 Å². The van der Waals surface area contributed by atoms with Crippen LogP contribution in [0.15, 0.2) is 42.5 Å². The summed E-state index contributed by atoms with van der Waals surface area (Å²) in [5, 5.41) is 14.5. The van der Waals surface area contributed by atoms with Crippen molar-refractivity contribution in [2.45, 2.75) is 52.9 Å². The van der Waals surface area contributed by atoms with E-state index in [2.05, 4.69) is 36.1 Å². The first-order chi connectivity index (χ1) is 17.8. The van der Waals surface area contributed by atoms with Gasteiger partial charge in [0.15, 0.2) is 0 Å². The monoisotopic (exact) mass is 532 g/mol. The van der Waals surface area contributed by atoms with Crippen molar-refractivity contribution in [2.24, 2.45) is 17.3 Å². The number of anilines is 2. The Morgan fingerprint density at radius 3 is 2.50 bits per heavy atom. The summed E-state index contributed by atoms with van der Waals surface area (Å²) < 4.78 is 43.5. The zero-order chi connectivity index (χ0) is 27.7. The van der Waals surface area contributed by atoms with Crippen molar-refractivity contribution >= 4 is 34.5 Å². The van der Waals surface area contributed by atoms with Crippen LogP contribution in [0.2, 0.25) is 0 Å². The minimum atomic E-state index is -4.78. The van der Waals surface area contributed by atoms with Crippen LogP contribution in [-0.2, 0) is 11.3 Å². The van der Waals surface area contributed by atoms with E-state index in [4.69, 9.17) is 10.1 Å². The van der Waals surface area contributed by atoms with Gasteiger partial charge >= 0.3 is 12.3 Å². The summed E-state index contributed by atoms with van der Waals surface area (Å²) in [5.41, 5.74) is 2.33. The Kier molecular flexibility index (Phi) is 7.57. The van der Waals surface area contributed by atoms with Gasteiger partial charge in [0, 0.05) is 17.8 Å². The SMILES string of the molecule is CC1CC(Cn2c(Nc3ccc(OC(F)(F)F)cc3)nc3ccc(C(=O)NCC(=O)O)cc32)CC(C)(C)C1. The first-order valence-electron chi connectivity index (χ1n) is 12.4. The normalized spacial score (nSPS) is 19.2. The Morgan fingerprint density at radius 1 is 1.16 bits per heavy atom. The molecular weight excluding hydrogens is 501 g/mol. The van der Waals surface area contributed by atoms with E-state index in [0.29, 0.717) is 46.6 Å². The lowest BCUT2D eigenvalue weighted by atomic mass is 9.68. The summed E-state index contributed by atoms with van der Waals surface area (Å²) in [6, 6.07) is 10.3. The van der Waals surface area contributed by atoms with E-state index in [-0.39, 0.29) is 11.2 Å². The van der Waals surface area contributed by atoms with Crippen molar-refractivity contribution in [1.29, 1.82) is 0 Å². The number of carbonyl (C=O) groups excluding carboxylic acids is 1. The lowest BCUT2D eigenvalue weighted by molar-refractivity contribution is -0.274. The standard InChI is InChI=1S/C27H31F3N4O4/c1-16-10-17(13-26(2,3)12-16)15-34-22-11-18(24(37)31-14-23(35)36)4-9-21(22)33-25(34)32-19-5-7-20(8-6-19)38-27(28,29)30/h4-9,11,16-17H,10,12-15H2,1-3H3,(H,31,37)(H,32,33)(H,35,36). The van der Waals surface area contributed by atoms with Crippen LogP contribution >= 0.6 is 0 Å². The highest BCUT2D eigenvalue weighted by Gasteiger charge is 2.33. The molecule has 0 spiro atoms. The van der Waals surface area contributed by atoms with E-state index in [1.165, 1.54) is 24.3 Å². The topological polar surface area (TPSA) is 105 Å². The Labute approximate surface area is 218 Å². The van der Waals surface area contributed by atoms with Crippen LogP contribution in [0.4, 0.5) is 24.8 Å². The summed E-state index contributed by atoms with van der Waals surface area (Å²) in [6.07, 6.45) is -1.59. The van der Waals surface area contributed by atoms with Crippen LogP contribution in [0.1, 0.15) is 50.4 Å². The van der Waals surface area contributed by atoms with Crippen molar-refractivity contribution in [3.05, 3.63) is 48.0 Å². The van der Waals surface area contributed by atoms with Gasteiger partial charge in [0.2, 0.25) is 5.95 Å². The molecule has 38 heavy (non-hydrogen) atoms. The smallest absolute Gasteiger partial charge is 0.480 e. The molecule has 0 radical (unpaired) electrons. The third-order valence-corrected chi connectivity index (χ3v) is 6.67. The van der Waals surface area contributed by atoms with Gasteiger partial charge in [-0.25, -0.2) is 4.98 Å². The largest absolute Gasteiger partial charge is 0.573 e. The number of carboxylic acid groups (broad SMARTS) is 1. The lowest BCUT2D eigenvalue weighted by Crippen LogP contribution is -2.30. The number of hydrogen-bond donors (Lipinski definition) is 3. The molecule has 1 amide bonds. The highest BCUT2D eigenvalue weighted by Crippen LogP contribution is 2.43. The minimum absolute atomic E-state index is 0.183. The number of carboxylic acids is 1. The van der Waals surface area contributed by atoms with E-state index in [0.717, 1.165) is 19.3 Å². The number of fused-ring (bicyclic) bond motifs is 1. The predicted octanol–water partition coefficient (Wildman–Crippen LogP) is 5.96. The van der Waals surface area contributed by atoms with Crippen molar-refractivity contribution in [1.82, 2.24) is 14.9 Å². The van der Waals surface area contributed by atoms with Crippen molar-refractivity contribution in [2.75, 3.05) is 11.9 Å². The Bertz CT molecular complexity index is 1320. The van der Waals surface area contributed by atoms with E-state index in [9.17, 15) is 22.8 Å². The van der Waals surface area contributed by atoms with Gasteiger partial charge in [0.25, 0.3) is 5.91 Å². The second-order valence-electron chi connectivity index (χ2n) is 10.8. The zero-order valence-electron chi connectivity index (χ0n) is 21.4. The molecule has 11 heteroatoms. The van der Waals surface area contributed by atoms with Crippen LogP contribution in [0.25, 0.3) is 11.0 Å². The fraction of sp³-hybridized carbons (Fsp3) is 0.444. The maximum absolute atomic E-state index is 12.5. The van der Waals surface area contributed by atoms with Crippen LogP contribution in [0.3, 0.4) is 0 Å². The molecule has 1 aromatic heterocycles. The molecule has 8 nitrogen and oxygen atoms in total. The van der Waals surface area contributed by atoms with Gasteiger partial charge in [0.1, 0.15) is 12.3 Å². The molecule has 204 valence electrons. The van der Waals surface area contributed by atoms with Crippen LogP contribution < -0.4 is 15.4 Å². The van der Waals surface area contributed by atoms with E-state index < -0.39 is 24.8 Å².